The van der Waals surface area contributed by atoms with Gasteiger partial charge < -0.3 is 15.2 Å². The van der Waals surface area contributed by atoms with Gasteiger partial charge in [0.2, 0.25) is 5.91 Å². The number of aromatic carboxylic acids is 1. The van der Waals surface area contributed by atoms with E-state index in [-0.39, 0.29) is 17.7 Å². The smallest absolute Gasteiger partial charge is 0.358 e. The summed E-state index contributed by atoms with van der Waals surface area (Å²) in [5.74, 6) is -1.21. The maximum atomic E-state index is 12.1. The van der Waals surface area contributed by atoms with Crippen LogP contribution >= 0.6 is 0 Å². The summed E-state index contributed by atoms with van der Waals surface area (Å²) in [7, 11) is 0. The van der Waals surface area contributed by atoms with Crippen LogP contribution in [0.3, 0.4) is 0 Å². The van der Waals surface area contributed by atoms with Crippen molar-refractivity contribution in [2.24, 2.45) is 0 Å². The van der Waals surface area contributed by atoms with Crippen molar-refractivity contribution >= 4 is 17.6 Å². The van der Waals surface area contributed by atoms with Gasteiger partial charge in [-0.1, -0.05) is 11.3 Å². The van der Waals surface area contributed by atoms with Gasteiger partial charge in [-0.25, -0.2) is 9.48 Å². The van der Waals surface area contributed by atoms with E-state index in [1.807, 2.05) is 0 Å². The van der Waals surface area contributed by atoms with Crippen LogP contribution in [0.2, 0.25) is 0 Å². The molecule has 132 valence electrons. The van der Waals surface area contributed by atoms with Crippen molar-refractivity contribution in [3.05, 3.63) is 36.2 Å². The second kappa shape index (κ2) is 7.89. The molecule has 2 heterocycles. The molecule has 0 saturated carbocycles. The lowest BCUT2D eigenvalue weighted by Gasteiger charge is -2.22. The maximum absolute atomic E-state index is 12.1. The molecule has 1 aromatic heterocycles. The lowest BCUT2D eigenvalue weighted by atomic mass is 10.0. The van der Waals surface area contributed by atoms with Crippen LogP contribution in [-0.4, -0.2) is 44.7 Å². The largest absolute Gasteiger partial charge is 0.476 e. The number of carbonyl (C=O) groups excluding carboxylic acids is 1. The van der Waals surface area contributed by atoms with Crippen LogP contribution in [0.1, 0.15) is 42.6 Å². The number of carboxylic acids is 1. The fourth-order valence-electron chi connectivity index (χ4n) is 2.76. The predicted molar refractivity (Wildman–Crippen MR) is 89.8 cm³/mol. The third-order valence-electron chi connectivity index (χ3n) is 4.07. The van der Waals surface area contributed by atoms with Crippen molar-refractivity contribution in [2.75, 3.05) is 11.9 Å². The summed E-state index contributed by atoms with van der Waals surface area (Å²) in [6.07, 6.45) is 5.89. The Morgan fingerprint density at radius 1 is 1.36 bits per heavy atom. The minimum atomic E-state index is -1.14. The second-order valence-electron chi connectivity index (χ2n) is 5.98. The van der Waals surface area contributed by atoms with Gasteiger partial charge in [0.15, 0.2) is 5.69 Å². The highest BCUT2D eigenvalue weighted by atomic mass is 16.5. The molecule has 1 atom stereocenters. The number of hydrogen-bond donors (Lipinski definition) is 2. The number of nitrogens with one attached hydrogen (secondary N) is 1. The van der Waals surface area contributed by atoms with E-state index in [0.29, 0.717) is 17.8 Å². The Morgan fingerprint density at radius 3 is 2.96 bits per heavy atom. The molecular formula is C17H20N4O4. The van der Waals surface area contributed by atoms with Crippen LogP contribution in [-0.2, 0) is 9.53 Å². The standard InChI is InChI=1S/C17H20N4O4/c22-16(8-7-14-6-1-2-9-25-14)18-12-4-3-5-13(10-12)21-11-15(17(23)24)19-20-21/h3-5,10-11,14H,1-2,6-9H2,(H,18,22)(H,23,24). The van der Waals surface area contributed by atoms with Crippen LogP contribution in [0.4, 0.5) is 5.69 Å². The van der Waals surface area contributed by atoms with Crippen LogP contribution in [0.25, 0.3) is 5.69 Å². The average Bonchev–Trinajstić information content (AvgIpc) is 3.12. The highest BCUT2D eigenvalue weighted by Crippen LogP contribution is 2.18. The minimum Gasteiger partial charge on any atom is -0.476 e. The van der Waals surface area contributed by atoms with Crippen LogP contribution < -0.4 is 5.32 Å². The molecule has 2 aromatic rings. The molecule has 1 amide bonds. The van der Waals surface area contributed by atoms with E-state index in [0.717, 1.165) is 32.3 Å². The van der Waals surface area contributed by atoms with Crippen molar-refractivity contribution in [2.45, 2.75) is 38.2 Å². The molecule has 0 bridgehead atoms. The fraction of sp³-hybridized carbons (Fsp3) is 0.412. The van der Waals surface area contributed by atoms with Crippen molar-refractivity contribution in [1.29, 1.82) is 0 Å². The maximum Gasteiger partial charge on any atom is 0.358 e. The molecule has 3 rings (SSSR count). The Labute approximate surface area is 144 Å². The first kappa shape index (κ1) is 17.1. The first-order valence-electron chi connectivity index (χ1n) is 8.29. The molecule has 2 N–H and O–H groups in total. The molecule has 0 aliphatic carbocycles. The topological polar surface area (TPSA) is 106 Å². The van der Waals surface area contributed by atoms with Gasteiger partial charge in [0, 0.05) is 18.7 Å². The number of benzene rings is 1. The molecule has 0 spiro atoms. The van der Waals surface area contributed by atoms with Crippen LogP contribution in [0.5, 0.6) is 0 Å². The van der Waals surface area contributed by atoms with Gasteiger partial charge in [-0.3, -0.25) is 4.79 Å². The predicted octanol–water partition coefficient (Wildman–Crippen LogP) is 2.25. The van der Waals surface area contributed by atoms with Crippen LogP contribution in [0, 0.1) is 0 Å². The zero-order valence-electron chi connectivity index (χ0n) is 13.7. The Bertz CT molecular complexity index is 753. The van der Waals surface area contributed by atoms with E-state index in [2.05, 4.69) is 15.6 Å². The van der Waals surface area contributed by atoms with E-state index in [1.165, 1.54) is 10.9 Å². The summed E-state index contributed by atoms with van der Waals surface area (Å²) in [6, 6.07) is 7.01. The highest BCUT2D eigenvalue weighted by molar-refractivity contribution is 5.91. The number of aromatic nitrogens is 3. The van der Waals surface area contributed by atoms with E-state index in [9.17, 15) is 9.59 Å². The summed E-state index contributed by atoms with van der Waals surface area (Å²) in [5.41, 5.74) is 1.11. The van der Waals surface area contributed by atoms with Gasteiger partial charge in [0.1, 0.15) is 0 Å². The molecule has 1 fully saturated rings. The molecule has 1 aliphatic heterocycles. The zero-order chi connectivity index (χ0) is 17.6. The van der Waals surface area contributed by atoms with Gasteiger partial charge in [0.05, 0.1) is 18.0 Å². The molecule has 25 heavy (non-hydrogen) atoms. The van der Waals surface area contributed by atoms with E-state index < -0.39 is 5.97 Å². The number of anilines is 1. The number of ether oxygens (including phenoxy) is 1. The van der Waals surface area contributed by atoms with E-state index in [1.54, 1.807) is 24.3 Å². The van der Waals surface area contributed by atoms with Crippen molar-refractivity contribution in [1.82, 2.24) is 15.0 Å². The quantitative estimate of drug-likeness (QED) is 0.832. The van der Waals surface area contributed by atoms with Gasteiger partial charge in [-0.05, 0) is 43.9 Å². The Balaban J connectivity index is 1.58. The molecule has 1 unspecified atom stereocenters. The monoisotopic (exact) mass is 344 g/mol. The van der Waals surface area contributed by atoms with Gasteiger partial charge in [-0.15, -0.1) is 5.10 Å². The number of nitrogens with zero attached hydrogens (tertiary/aromatic N) is 3. The normalized spacial score (nSPS) is 17.2. The number of rotatable bonds is 6. The van der Waals surface area contributed by atoms with Gasteiger partial charge in [0.25, 0.3) is 0 Å². The summed E-state index contributed by atoms with van der Waals surface area (Å²) in [4.78, 5) is 23.0. The second-order valence-corrected chi connectivity index (χ2v) is 5.98. The zero-order valence-corrected chi connectivity index (χ0v) is 13.7. The fourth-order valence-corrected chi connectivity index (χ4v) is 2.76. The van der Waals surface area contributed by atoms with E-state index in [4.69, 9.17) is 9.84 Å². The van der Waals surface area contributed by atoms with Crippen molar-refractivity contribution in [3.63, 3.8) is 0 Å². The summed E-state index contributed by atoms with van der Waals surface area (Å²) < 4.78 is 6.99. The Kier molecular flexibility index (Phi) is 5.39. The number of carboxylic acid groups (broad SMARTS) is 1. The third kappa shape index (κ3) is 4.63. The lowest BCUT2D eigenvalue weighted by molar-refractivity contribution is -0.117. The van der Waals surface area contributed by atoms with Crippen molar-refractivity contribution < 1.29 is 19.4 Å². The van der Waals surface area contributed by atoms with Gasteiger partial charge >= 0.3 is 5.97 Å². The molecule has 1 aliphatic rings. The number of amides is 1. The average molecular weight is 344 g/mol. The summed E-state index contributed by atoms with van der Waals surface area (Å²) in [5, 5.41) is 19.1. The van der Waals surface area contributed by atoms with Crippen molar-refractivity contribution in [3.8, 4) is 5.69 Å². The molecular weight excluding hydrogens is 324 g/mol. The number of carbonyl (C=O) groups is 2. The van der Waals surface area contributed by atoms with E-state index >= 15 is 0 Å². The SMILES string of the molecule is O=C(CCC1CCCCO1)Nc1cccc(-n2cc(C(=O)O)nn2)c1. The van der Waals surface area contributed by atoms with Gasteiger partial charge in [-0.2, -0.15) is 0 Å². The lowest BCUT2D eigenvalue weighted by Crippen LogP contribution is -2.21. The first-order chi connectivity index (χ1) is 12.1. The third-order valence-corrected chi connectivity index (χ3v) is 4.07. The molecule has 8 nitrogen and oxygen atoms in total. The molecule has 1 aromatic carbocycles. The molecule has 1 saturated heterocycles. The van der Waals surface area contributed by atoms with Crippen LogP contribution in [0.15, 0.2) is 30.5 Å². The molecule has 8 heteroatoms. The summed E-state index contributed by atoms with van der Waals surface area (Å²) in [6.45, 7) is 0.782. The highest BCUT2D eigenvalue weighted by Gasteiger charge is 2.15. The first-order valence-corrected chi connectivity index (χ1v) is 8.29. The Morgan fingerprint density at radius 2 is 2.24 bits per heavy atom. The summed E-state index contributed by atoms with van der Waals surface area (Å²) >= 11 is 0. The Hall–Kier alpha value is -2.74. The molecule has 0 radical (unpaired) electrons. The number of hydrogen-bond acceptors (Lipinski definition) is 5. The minimum absolute atomic E-state index is 0.0730.